The monoisotopic (exact) mass is 264 g/mol. The molecule has 0 unspecified atom stereocenters. The number of carbonyl (C=O) groups excluding carboxylic acids is 1. The molecule has 4 heteroatoms. The Morgan fingerprint density at radius 3 is 2.44 bits per heavy atom. The highest BCUT2D eigenvalue weighted by molar-refractivity contribution is 6.31. The van der Waals surface area contributed by atoms with E-state index in [1.165, 1.54) is 0 Å². The van der Waals surface area contributed by atoms with Crippen LogP contribution in [0.3, 0.4) is 0 Å². The van der Waals surface area contributed by atoms with Crippen molar-refractivity contribution < 1.29 is 4.79 Å². The lowest BCUT2D eigenvalue weighted by molar-refractivity contribution is -0.119. The smallest absolute Gasteiger partial charge is 0.209 e. The lowest BCUT2D eigenvalue weighted by Crippen LogP contribution is -2.45. The molecule has 2 rings (SSSR count). The predicted molar refractivity (Wildman–Crippen MR) is 74.3 cm³/mol. The number of amides is 1. The van der Waals surface area contributed by atoms with Gasteiger partial charge in [-0.15, -0.1) is 0 Å². The van der Waals surface area contributed by atoms with Crippen molar-refractivity contribution in [2.75, 3.05) is 32.7 Å². The average molecular weight is 265 g/mol. The number of hydrogen-bond acceptors (Lipinski definition) is 2. The first kappa shape index (κ1) is 13.1. The Bertz CT molecular complexity index is 411. The van der Waals surface area contributed by atoms with E-state index in [1.54, 1.807) is 4.90 Å². The second-order valence-corrected chi connectivity index (χ2v) is 4.90. The number of nitrogens with zero attached hydrogens (tertiary/aromatic N) is 2. The van der Waals surface area contributed by atoms with Gasteiger partial charge in [0.2, 0.25) is 6.41 Å². The molecule has 0 spiro atoms. The van der Waals surface area contributed by atoms with Gasteiger partial charge in [0.15, 0.2) is 0 Å². The number of hydrogen-bond donors (Lipinski definition) is 0. The van der Waals surface area contributed by atoms with Crippen molar-refractivity contribution in [2.45, 2.75) is 0 Å². The maximum atomic E-state index is 10.6. The molecule has 1 aliphatic rings. The van der Waals surface area contributed by atoms with Crippen molar-refractivity contribution in [3.05, 3.63) is 40.9 Å². The molecule has 18 heavy (non-hydrogen) atoms. The summed E-state index contributed by atoms with van der Waals surface area (Å²) in [6.45, 7) is 4.11. The van der Waals surface area contributed by atoms with Crippen LogP contribution >= 0.6 is 11.6 Å². The van der Waals surface area contributed by atoms with E-state index in [9.17, 15) is 4.79 Å². The van der Waals surface area contributed by atoms with E-state index in [1.807, 2.05) is 36.4 Å². The molecule has 96 valence electrons. The maximum absolute atomic E-state index is 10.6. The first-order valence-electron chi connectivity index (χ1n) is 6.11. The summed E-state index contributed by atoms with van der Waals surface area (Å²) in [5.74, 6) is 0. The van der Waals surface area contributed by atoms with Crippen LogP contribution in [0, 0.1) is 0 Å². The Kier molecular flexibility index (Phi) is 4.79. The fourth-order valence-electron chi connectivity index (χ4n) is 2.02. The van der Waals surface area contributed by atoms with Crippen LogP contribution in [0.25, 0.3) is 6.08 Å². The number of benzene rings is 1. The molecule has 0 aliphatic carbocycles. The van der Waals surface area contributed by atoms with E-state index in [0.29, 0.717) is 0 Å². The molecule has 0 aromatic heterocycles. The van der Waals surface area contributed by atoms with Crippen LogP contribution in [-0.4, -0.2) is 48.9 Å². The molecule has 0 N–H and O–H groups in total. The van der Waals surface area contributed by atoms with Crippen molar-refractivity contribution in [1.29, 1.82) is 0 Å². The minimum atomic E-state index is 0.753. The summed E-state index contributed by atoms with van der Waals surface area (Å²) in [7, 11) is 0. The van der Waals surface area contributed by atoms with Gasteiger partial charge in [0, 0.05) is 37.8 Å². The Balaban J connectivity index is 1.86. The highest BCUT2D eigenvalue weighted by Gasteiger charge is 2.15. The second-order valence-electron chi connectivity index (χ2n) is 4.42. The highest BCUT2D eigenvalue weighted by atomic mass is 35.5. The summed E-state index contributed by atoms with van der Waals surface area (Å²) < 4.78 is 0. The van der Waals surface area contributed by atoms with Crippen molar-refractivity contribution >= 4 is 24.1 Å². The van der Waals surface area contributed by atoms with E-state index in [-0.39, 0.29) is 0 Å². The van der Waals surface area contributed by atoms with E-state index >= 15 is 0 Å². The molecule has 0 bridgehead atoms. The standard InChI is InChI=1S/C14H17ClN2O/c15-14(10-13-4-2-1-3-5-13)11-16-6-8-17(12-18)9-7-16/h1-5,10,12H,6-9,11H2. The Morgan fingerprint density at radius 1 is 1.17 bits per heavy atom. The van der Waals surface area contributed by atoms with Crippen molar-refractivity contribution in [2.24, 2.45) is 0 Å². The molecule has 0 saturated carbocycles. The van der Waals surface area contributed by atoms with Crippen LogP contribution < -0.4 is 0 Å². The number of carbonyl (C=O) groups is 1. The third-order valence-corrected chi connectivity index (χ3v) is 3.28. The Morgan fingerprint density at radius 2 is 1.83 bits per heavy atom. The third kappa shape index (κ3) is 3.86. The van der Waals surface area contributed by atoms with Crippen molar-refractivity contribution in [1.82, 2.24) is 9.80 Å². The predicted octanol–water partition coefficient (Wildman–Crippen LogP) is 2.04. The van der Waals surface area contributed by atoms with Crippen LogP contribution in [-0.2, 0) is 4.79 Å². The third-order valence-electron chi connectivity index (χ3n) is 3.05. The number of piperazine rings is 1. The minimum absolute atomic E-state index is 0.753. The van der Waals surface area contributed by atoms with Gasteiger partial charge in [-0.25, -0.2) is 0 Å². The molecule has 1 aromatic carbocycles. The van der Waals surface area contributed by atoms with Crippen molar-refractivity contribution in [3.63, 3.8) is 0 Å². The molecule has 1 amide bonds. The van der Waals surface area contributed by atoms with Crippen LogP contribution in [0.15, 0.2) is 35.4 Å². The zero-order valence-corrected chi connectivity index (χ0v) is 11.0. The second kappa shape index (κ2) is 6.57. The summed E-state index contributed by atoms with van der Waals surface area (Å²) in [5.41, 5.74) is 1.12. The molecule has 1 aromatic rings. The van der Waals surface area contributed by atoms with E-state index < -0.39 is 0 Å². The molecule has 1 fully saturated rings. The molecule has 1 heterocycles. The van der Waals surface area contributed by atoms with Gasteiger partial charge in [0.25, 0.3) is 0 Å². The van der Waals surface area contributed by atoms with E-state index in [4.69, 9.17) is 11.6 Å². The fourth-order valence-corrected chi connectivity index (χ4v) is 2.31. The zero-order valence-electron chi connectivity index (χ0n) is 10.3. The SMILES string of the molecule is O=CN1CCN(CC(Cl)=Cc2ccccc2)CC1. The lowest BCUT2D eigenvalue weighted by Gasteiger charge is -2.32. The summed E-state index contributed by atoms with van der Waals surface area (Å²) in [6.07, 6.45) is 2.91. The molecular formula is C14H17ClN2O. The van der Waals surface area contributed by atoms with Gasteiger partial charge in [0.05, 0.1) is 0 Å². The molecule has 3 nitrogen and oxygen atoms in total. The van der Waals surface area contributed by atoms with Crippen LogP contribution in [0.1, 0.15) is 5.56 Å². The summed E-state index contributed by atoms with van der Waals surface area (Å²) in [5, 5.41) is 0.834. The van der Waals surface area contributed by atoms with Gasteiger partial charge in [0.1, 0.15) is 0 Å². The first-order chi connectivity index (χ1) is 8.78. The van der Waals surface area contributed by atoms with Gasteiger partial charge in [-0.05, 0) is 11.6 Å². The summed E-state index contributed by atoms with van der Waals surface area (Å²) in [6, 6.07) is 10.1. The Hall–Kier alpha value is -1.32. The van der Waals surface area contributed by atoms with E-state index in [2.05, 4.69) is 4.90 Å². The zero-order chi connectivity index (χ0) is 12.8. The summed E-state index contributed by atoms with van der Waals surface area (Å²) >= 11 is 6.26. The van der Waals surface area contributed by atoms with Crippen LogP contribution in [0.2, 0.25) is 0 Å². The van der Waals surface area contributed by atoms with E-state index in [0.717, 1.165) is 49.7 Å². The molecular weight excluding hydrogens is 248 g/mol. The lowest BCUT2D eigenvalue weighted by atomic mass is 10.2. The first-order valence-corrected chi connectivity index (χ1v) is 6.48. The van der Waals surface area contributed by atoms with Crippen LogP contribution in [0.4, 0.5) is 0 Å². The van der Waals surface area contributed by atoms with Gasteiger partial charge in [-0.3, -0.25) is 9.69 Å². The molecule has 1 aliphatic heterocycles. The molecule has 0 radical (unpaired) electrons. The fraction of sp³-hybridized carbons (Fsp3) is 0.357. The van der Waals surface area contributed by atoms with Crippen LogP contribution in [0.5, 0.6) is 0 Å². The number of halogens is 1. The topological polar surface area (TPSA) is 23.6 Å². The van der Waals surface area contributed by atoms with Gasteiger partial charge in [-0.2, -0.15) is 0 Å². The quantitative estimate of drug-likeness (QED) is 0.777. The van der Waals surface area contributed by atoms with Gasteiger partial charge in [-0.1, -0.05) is 41.9 Å². The maximum Gasteiger partial charge on any atom is 0.209 e. The average Bonchev–Trinajstić information content (AvgIpc) is 2.40. The highest BCUT2D eigenvalue weighted by Crippen LogP contribution is 2.12. The van der Waals surface area contributed by atoms with Crippen molar-refractivity contribution in [3.8, 4) is 0 Å². The summed E-state index contributed by atoms with van der Waals surface area (Å²) in [4.78, 5) is 14.7. The normalized spacial score (nSPS) is 17.8. The molecule has 0 atom stereocenters. The minimum Gasteiger partial charge on any atom is -0.343 e. The van der Waals surface area contributed by atoms with Gasteiger partial charge < -0.3 is 4.90 Å². The number of rotatable bonds is 4. The largest absolute Gasteiger partial charge is 0.343 e. The van der Waals surface area contributed by atoms with Gasteiger partial charge >= 0.3 is 0 Å². The Labute approximate surface area is 113 Å². The molecule has 1 saturated heterocycles.